The zero-order valence-corrected chi connectivity index (χ0v) is 6.92. The summed E-state index contributed by atoms with van der Waals surface area (Å²) >= 11 is 4.99. The molecule has 1 heterocycles. The van der Waals surface area contributed by atoms with Crippen LogP contribution in [0.3, 0.4) is 0 Å². The molecule has 0 bridgehead atoms. The van der Waals surface area contributed by atoms with Gasteiger partial charge in [0.2, 0.25) is 0 Å². The summed E-state index contributed by atoms with van der Waals surface area (Å²) in [4.78, 5) is 13.8. The molecule has 0 saturated carbocycles. The number of rotatable bonds is 2. The quantitative estimate of drug-likeness (QED) is 0.756. The van der Waals surface area contributed by atoms with Crippen molar-refractivity contribution in [3.63, 3.8) is 0 Å². The predicted molar refractivity (Wildman–Crippen MR) is 41.0 cm³/mol. The van der Waals surface area contributed by atoms with Crippen LogP contribution in [0, 0.1) is 0 Å². The number of alkyl halides is 2. The largest absolute Gasteiger partial charge is 0.505 e. The van der Waals surface area contributed by atoms with Crippen LogP contribution >= 0.6 is 11.6 Å². The Kier molecular flexibility index (Phi) is 2.77. The van der Waals surface area contributed by atoms with E-state index in [1.807, 2.05) is 0 Å². The van der Waals surface area contributed by atoms with Crippen LogP contribution in [-0.4, -0.2) is 15.3 Å². The minimum atomic E-state index is -2.74. The molecule has 3 nitrogen and oxygen atoms in total. The van der Waals surface area contributed by atoms with Gasteiger partial charge in [-0.3, -0.25) is 4.79 Å². The zero-order chi connectivity index (χ0) is 10.0. The van der Waals surface area contributed by atoms with E-state index >= 15 is 0 Å². The van der Waals surface area contributed by atoms with Crippen molar-refractivity contribution in [2.75, 3.05) is 0 Å². The van der Waals surface area contributed by atoms with Crippen LogP contribution in [0.2, 0.25) is 0 Å². The van der Waals surface area contributed by atoms with Crippen molar-refractivity contribution in [2.24, 2.45) is 0 Å². The van der Waals surface area contributed by atoms with Crippen molar-refractivity contribution >= 4 is 16.8 Å². The van der Waals surface area contributed by atoms with Gasteiger partial charge in [-0.15, -0.1) is 0 Å². The first kappa shape index (κ1) is 9.85. The van der Waals surface area contributed by atoms with Gasteiger partial charge in [-0.05, 0) is 17.7 Å². The molecule has 70 valence electrons. The molecule has 0 amide bonds. The smallest absolute Gasteiger partial charge is 0.274 e. The number of carbonyl (C=O) groups is 1. The molecule has 0 saturated heterocycles. The number of hydrogen-bond acceptors (Lipinski definition) is 3. The summed E-state index contributed by atoms with van der Waals surface area (Å²) in [6.45, 7) is 0. The van der Waals surface area contributed by atoms with Gasteiger partial charge in [0.15, 0.2) is 5.69 Å². The molecule has 1 N–H and O–H groups in total. The first-order valence-corrected chi connectivity index (χ1v) is 3.57. The number of aromatic hydroxyl groups is 1. The monoisotopic (exact) mass is 207 g/mol. The highest BCUT2D eigenvalue weighted by Gasteiger charge is 2.14. The summed E-state index contributed by atoms with van der Waals surface area (Å²) in [6, 6.07) is 0.757. The fourth-order valence-corrected chi connectivity index (χ4v) is 0.885. The molecule has 6 heteroatoms. The number of halogens is 3. The first-order chi connectivity index (χ1) is 6.02. The Morgan fingerprint density at radius 3 is 2.62 bits per heavy atom. The Hall–Kier alpha value is -1.23. The molecule has 0 aliphatic heterocycles. The van der Waals surface area contributed by atoms with Crippen molar-refractivity contribution in [3.8, 4) is 5.75 Å². The summed E-state index contributed by atoms with van der Waals surface area (Å²) in [5.74, 6) is -0.641. The van der Waals surface area contributed by atoms with Gasteiger partial charge in [-0.1, -0.05) is 0 Å². The highest BCUT2D eigenvalue weighted by molar-refractivity contribution is 6.67. The van der Waals surface area contributed by atoms with Gasteiger partial charge in [0.05, 0.1) is 0 Å². The maximum atomic E-state index is 12.0. The third-order valence-corrected chi connectivity index (χ3v) is 1.51. The van der Waals surface area contributed by atoms with Crippen molar-refractivity contribution < 1.29 is 18.7 Å². The molecule has 0 aromatic carbocycles. The molecule has 0 radical (unpaired) electrons. The Bertz CT molecular complexity index is 343. The minimum Gasteiger partial charge on any atom is -0.505 e. The van der Waals surface area contributed by atoms with Gasteiger partial charge in [-0.2, -0.15) is 0 Å². The summed E-state index contributed by atoms with van der Waals surface area (Å²) < 4.78 is 24.0. The van der Waals surface area contributed by atoms with Crippen molar-refractivity contribution in [1.82, 2.24) is 4.98 Å². The molecule has 0 atom stereocenters. The molecule has 1 aromatic rings. The van der Waals surface area contributed by atoms with E-state index in [4.69, 9.17) is 16.7 Å². The van der Waals surface area contributed by atoms with Gasteiger partial charge in [0, 0.05) is 11.8 Å². The molecule has 0 aliphatic carbocycles. The van der Waals surface area contributed by atoms with Crippen molar-refractivity contribution in [3.05, 3.63) is 23.5 Å². The predicted octanol–water partition coefficient (Wildman–Crippen LogP) is 2.10. The lowest BCUT2D eigenvalue weighted by Gasteiger charge is -2.01. The number of pyridine rings is 1. The summed E-state index contributed by atoms with van der Waals surface area (Å²) in [6.07, 6.45) is -1.95. The van der Waals surface area contributed by atoms with E-state index in [0.717, 1.165) is 12.3 Å². The summed E-state index contributed by atoms with van der Waals surface area (Å²) in [5.41, 5.74) is -0.884. The van der Waals surface area contributed by atoms with Crippen molar-refractivity contribution in [2.45, 2.75) is 6.43 Å². The Morgan fingerprint density at radius 1 is 1.62 bits per heavy atom. The van der Waals surface area contributed by atoms with E-state index in [0.29, 0.717) is 0 Å². The van der Waals surface area contributed by atoms with E-state index in [9.17, 15) is 13.6 Å². The molecule has 1 aromatic heterocycles. The maximum absolute atomic E-state index is 12.0. The Balaban J connectivity index is 3.13. The van der Waals surface area contributed by atoms with E-state index in [2.05, 4.69) is 4.98 Å². The normalized spacial score (nSPS) is 10.5. The van der Waals surface area contributed by atoms with Gasteiger partial charge in [0.25, 0.3) is 11.7 Å². The molecular weight excluding hydrogens is 204 g/mol. The highest BCUT2D eigenvalue weighted by atomic mass is 35.5. The lowest BCUT2D eigenvalue weighted by Crippen LogP contribution is -1.96. The molecule has 0 unspecified atom stereocenters. The third kappa shape index (κ3) is 2.12. The summed E-state index contributed by atoms with van der Waals surface area (Å²) in [7, 11) is 0. The second kappa shape index (κ2) is 3.66. The Labute approximate surface area is 77.0 Å². The van der Waals surface area contributed by atoms with E-state index in [1.54, 1.807) is 0 Å². The first-order valence-electron chi connectivity index (χ1n) is 3.19. The van der Waals surface area contributed by atoms with E-state index < -0.39 is 28.7 Å². The lowest BCUT2D eigenvalue weighted by atomic mass is 10.2. The molecular formula is C7H4ClF2NO2. The minimum absolute atomic E-state index is 0.425. The van der Waals surface area contributed by atoms with Crippen LogP contribution in [0.25, 0.3) is 0 Å². The number of nitrogens with zero attached hydrogens (tertiary/aromatic N) is 1. The van der Waals surface area contributed by atoms with Crippen LogP contribution < -0.4 is 0 Å². The fraction of sp³-hybridized carbons (Fsp3) is 0.143. The van der Waals surface area contributed by atoms with Gasteiger partial charge >= 0.3 is 0 Å². The zero-order valence-electron chi connectivity index (χ0n) is 6.17. The van der Waals surface area contributed by atoms with Crippen molar-refractivity contribution in [1.29, 1.82) is 0 Å². The second-order valence-electron chi connectivity index (χ2n) is 2.21. The number of hydrogen-bond donors (Lipinski definition) is 1. The SMILES string of the molecule is O=C(Cl)c1ncc(C(F)F)cc1O. The van der Waals surface area contributed by atoms with E-state index in [-0.39, 0.29) is 0 Å². The van der Waals surface area contributed by atoms with Crippen LogP contribution in [0.15, 0.2) is 12.3 Å². The summed E-state index contributed by atoms with van der Waals surface area (Å²) in [5, 5.41) is 8.02. The highest BCUT2D eigenvalue weighted by Crippen LogP contribution is 2.24. The van der Waals surface area contributed by atoms with Crippen LogP contribution in [0.4, 0.5) is 8.78 Å². The van der Waals surface area contributed by atoms with Crippen LogP contribution in [0.5, 0.6) is 5.75 Å². The molecule has 1 rings (SSSR count). The van der Waals surface area contributed by atoms with Crippen LogP contribution in [-0.2, 0) is 0 Å². The standard InChI is InChI=1S/C7H4ClF2NO2/c8-6(13)5-4(12)1-3(2-11-5)7(9)10/h1-2,7,12H. The van der Waals surface area contributed by atoms with Gasteiger partial charge < -0.3 is 5.11 Å². The maximum Gasteiger partial charge on any atom is 0.274 e. The Morgan fingerprint density at radius 2 is 2.23 bits per heavy atom. The molecule has 0 aliphatic rings. The number of carbonyl (C=O) groups excluding carboxylic acids is 1. The average molecular weight is 208 g/mol. The lowest BCUT2D eigenvalue weighted by molar-refractivity contribution is 0.107. The fourth-order valence-electron chi connectivity index (χ4n) is 0.739. The molecule has 0 spiro atoms. The number of aromatic nitrogens is 1. The van der Waals surface area contributed by atoms with Gasteiger partial charge in [0.1, 0.15) is 5.75 Å². The topological polar surface area (TPSA) is 50.2 Å². The molecule has 13 heavy (non-hydrogen) atoms. The van der Waals surface area contributed by atoms with E-state index in [1.165, 1.54) is 0 Å². The molecule has 0 fully saturated rings. The van der Waals surface area contributed by atoms with Gasteiger partial charge in [-0.25, -0.2) is 13.8 Å². The van der Waals surface area contributed by atoms with Crippen LogP contribution in [0.1, 0.15) is 22.5 Å². The second-order valence-corrected chi connectivity index (χ2v) is 2.55. The average Bonchev–Trinajstić information content (AvgIpc) is 2.03. The third-order valence-electron chi connectivity index (χ3n) is 1.33.